The van der Waals surface area contributed by atoms with Crippen molar-refractivity contribution in [3.8, 4) is 0 Å². The van der Waals surface area contributed by atoms with E-state index in [0.717, 1.165) is 25.7 Å². The highest BCUT2D eigenvalue weighted by atomic mass is 35.5. The number of Topliss-reactive ketones (excluding diaryl/α,β-unsaturated/α-hetero) is 1. The summed E-state index contributed by atoms with van der Waals surface area (Å²) in [5, 5.41) is 2.22. The highest BCUT2D eigenvalue weighted by Crippen LogP contribution is 2.25. The molecule has 35 heavy (non-hydrogen) atoms. The molecular formula is C24H26ClF3N4O3. The van der Waals surface area contributed by atoms with Gasteiger partial charge in [-0.1, -0.05) is 36.7 Å². The maximum Gasteiger partial charge on any atom is 0.324 e. The number of piperazine rings is 1. The Hall–Kier alpha value is -3.11. The lowest BCUT2D eigenvalue weighted by atomic mass is 10.1. The van der Waals surface area contributed by atoms with Crippen molar-refractivity contribution < 1.29 is 27.6 Å². The minimum absolute atomic E-state index is 0.0860. The van der Waals surface area contributed by atoms with Crippen LogP contribution in [0.3, 0.4) is 0 Å². The summed E-state index contributed by atoms with van der Waals surface area (Å²) in [7, 11) is 0. The average Bonchev–Trinajstić information content (AvgIpc) is 2.85. The molecular weight excluding hydrogens is 485 g/mol. The Kier molecular flexibility index (Phi) is 9.11. The van der Waals surface area contributed by atoms with E-state index >= 15 is 0 Å². The second kappa shape index (κ2) is 12.0. The van der Waals surface area contributed by atoms with Gasteiger partial charge in [0.2, 0.25) is 0 Å². The molecule has 188 valence electrons. The lowest BCUT2D eigenvalue weighted by molar-refractivity contribution is -0.131. The van der Waals surface area contributed by atoms with Crippen LogP contribution >= 0.6 is 11.6 Å². The zero-order valence-electron chi connectivity index (χ0n) is 19.1. The summed E-state index contributed by atoms with van der Waals surface area (Å²) < 4.78 is 39.5. The fourth-order valence-electron chi connectivity index (χ4n) is 3.71. The van der Waals surface area contributed by atoms with Crippen LogP contribution in [0.2, 0.25) is 5.02 Å². The van der Waals surface area contributed by atoms with Gasteiger partial charge < -0.3 is 15.1 Å². The normalized spacial score (nSPS) is 14.2. The molecule has 1 aliphatic rings. The van der Waals surface area contributed by atoms with Gasteiger partial charge in [0.1, 0.15) is 5.82 Å². The summed E-state index contributed by atoms with van der Waals surface area (Å²) in [6.07, 6.45) is -3.25. The second-order valence-corrected chi connectivity index (χ2v) is 8.45. The maximum atomic E-state index is 15.0. The van der Waals surface area contributed by atoms with Gasteiger partial charge in [-0.25, -0.2) is 9.18 Å². The Morgan fingerprint density at radius 1 is 1.09 bits per heavy atom. The number of alkyl halides is 2. The van der Waals surface area contributed by atoms with Crippen LogP contribution in [-0.4, -0.2) is 73.2 Å². The number of benzene rings is 2. The van der Waals surface area contributed by atoms with E-state index in [-0.39, 0.29) is 23.7 Å². The van der Waals surface area contributed by atoms with Gasteiger partial charge in [0, 0.05) is 48.0 Å². The topological polar surface area (TPSA) is 73.0 Å². The second-order valence-electron chi connectivity index (χ2n) is 8.02. The van der Waals surface area contributed by atoms with Crippen LogP contribution in [0.15, 0.2) is 42.5 Å². The van der Waals surface area contributed by atoms with Crippen molar-refractivity contribution in [2.24, 2.45) is 0 Å². The number of amides is 3. The highest BCUT2D eigenvalue weighted by molar-refractivity contribution is 6.30. The number of nitrogens with zero attached hydrogens (tertiary/aromatic N) is 3. The van der Waals surface area contributed by atoms with Crippen molar-refractivity contribution in [1.29, 1.82) is 0 Å². The van der Waals surface area contributed by atoms with Crippen molar-refractivity contribution in [2.45, 2.75) is 19.9 Å². The number of nitrogens with one attached hydrogen (secondary N) is 1. The third-order valence-electron chi connectivity index (χ3n) is 5.77. The number of halogens is 4. The molecule has 0 aliphatic carbocycles. The molecule has 11 heteroatoms. The molecule has 0 aromatic heterocycles. The van der Waals surface area contributed by atoms with Gasteiger partial charge >= 0.3 is 12.5 Å². The molecule has 0 saturated carbocycles. The lowest BCUT2D eigenvalue weighted by Gasteiger charge is -2.37. The van der Waals surface area contributed by atoms with Crippen LogP contribution in [-0.2, 0) is 11.3 Å². The number of rotatable bonds is 8. The maximum absolute atomic E-state index is 15.0. The predicted octanol–water partition coefficient (Wildman–Crippen LogP) is 3.81. The molecule has 0 unspecified atom stereocenters. The molecule has 1 heterocycles. The molecule has 0 bridgehead atoms. The summed E-state index contributed by atoms with van der Waals surface area (Å²) in [6.45, 7) is 4.68. The van der Waals surface area contributed by atoms with Crippen LogP contribution in [0.5, 0.6) is 0 Å². The number of carbonyl (C=O) groups excluding carboxylic acids is 3. The summed E-state index contributed by atoms with van der Waals surface area (Å²) in [5.74, 6) is -3.04. The van der Waals surface area contributed by atoms with Gasteiger partial charge in [-0.3, -0.25) is 14.5 Å². The van der Waals surface area contributed by atoms with Crippen molar-refractivity contribution in [3.05, 3.63) is 64.4 Å². The highest BCUT2D eigenvalue weighted by Gasteiger charge is 2.27. The van der Waals surface area contributed by atoms with Crippen LogP contribution in [0.1, 0.15) is 22.8 Å². The number of likely N-dealkylation sites (N-methyl/N-ethyl adjacent to an activating group) is 1. The van der Waals surface area contributed by atoms with Gasteiger partial charge in [-0.15, -0.1) is 0 Å². The fourth-order valence-corrected chi connectivity index (χ4v) is 3.89. The van der Waals surface area contributed by atoms with Crippen molar-refractivity contribution in [2.75, 3.05) is 44.2 Å². The largest absolute Gasteiger partial charge is 0.344 e. The van der Waals surface area contributed by atoms with E-state index in [4.69, 9.17) is 11.6 Å². The minimum atomic E-state index is -3.25. The van der Waals surface area contributed by atoms with Crippen molar-refractivity contribution in [1.82, 2.24) is 15.1 Å². The van der Waals surface area contributed by atoms with E-state index in [9.17, 15) is 27.6 Å². The molecule has 1 saturated heterocycles. The molecule has 0 radical (unpaired) electrons. The van der Waals surface area contributed by atoms with Crippen molar-refractivity contribution >= 4 is 35.0 Å². The smallest absolute Gasteiger partial charge is 0.324 e. The molecule has 1 aliphatic heterocycles. The quantitative estimate of drug-likeness (QED) is 0.548. The first kappa shape index (κ1) is 26.5. The Morgan fingerprint density at radius 3 is 2.40 bits per heavy atom. The Bertz CT molecular complexity index is 1080. The standard InChI is InChI=1S/C24H26ClF3N4O3/c1-2-30-8-10-31(11-9-30)24(35)32(19-5-3-4-18(25)13-19)15-17-7-6-16(12-20(17)26)21(33)14-29-23(34)22(27)28/h3-7,12-13,22H,2,8-11,14-15H2,1H3,(H,29,34). The molecule has 7 nitrogen and oxygen atoms in total. The summed E-state index contributed by atoms with van der Waals surface area (Å²) >= 11 is 6.13. The number of hydrogen-bond acceptors (Lipinski definition) is 4. The predicted molar refractivity (Wildman–Crippen MR) is 126 cm³/mol. The van der Waals surface area contributed by atoms with Crippen LogP contribution in [0, 0.1) is 5.82 Å². The van der Waals surface area contributed by atoms with Crippen LogP contribution in [0.4, 0.5) is 23.7 Å². The van der Waals surface area contributed by atoms with E-state index in [1.54, 1.807) is 34.5 Å². The average molecular weight is 511 g/mol. The zero-order valence-corrected chi connectivity index (χ0v) is 19.9. The van der Waals surface area contributed by atoms with Crippen LogP contribution in [0.25, 0.3) is 0 Å². The van der Waals surface area contributed by atoms with E-state index in [1.165, 1.54) is 17.0 Å². The third kappa shape index (κ3) is 6.95. The SMILES string of the molecule is CCN1CCN(C(=O)N(Cc2ccc(C(=O)CNC(=O)C(F)F)cc2F)c2cccc(Cl)c2)CC1. The van der Waals surface area contributed by atoms with E-state index in [2.05, 4.69) is 11.8 Å². The molecule has 3 rings (SSSR count). The van der Waals surface area contributed by atoms with Gasteiger partial charge in [-0.05, 0) is 30.8 Å². The molecule has 3 amide bonds. The summed E-state index contributed by atoms with van der Waals surface area (Å²) in [6, 6.07) is 10.0. The van der Waals surface area contributed by atoms with Crippen LogP contribution < -0.4 is 10.2 Å². The van der Waals surface area contributed by atoms with Gasteiger partial charge in [0.15, 0.2) is 5.78 Å². The zero-order chi connectivity index (χ0) is 25.5. The molecule has 0 atom stereocenters. The summed E-state index contributed by atoms with van der Waals surface area (Å²) in [5.41, 5.74) is 0.561. The number of carbonyl (C=O) groups is 3. The van der Waals surface area contributed by atoms with E-state index in [1.807, 2.05) is 0 Å². The number of anilines is 1. The first-order valence-electron chi connectivity index (χ1n) is 11.1. The monoisotopic (exact) mass is 510 g/mol. The number of urea groups is 1. The molecule has 2 aromatic rings. The first-order valence-corrected chi connectivity index (χ1v) is 11.5. The number of hydrogen-bond donors (Lipinski definition) is 1. The van der Waals surface area contributed by atoms with E-state index in [0.29, 0.717) is 23.8 Å². The third-order valence-corrected chi connectivity index (χ3v) is 6.00. The lowest BCUT2D eigenvalue weighted by Crippen LogP contribution is -2.52. The number of ketones is 1. The minimum Gasteiger partial charge on any atom is -0.344 e. The fraction of sp³-hybridized carbons (Fsp3) is 0.375. The molecule has 2 aromatic carbocycles. The Morgan fingerprint density at radius 2 is 1.80 bits per heavy atom. The molecule has 0 spiro atoms. The van der Waals surface area contributed by atoms with Gasteiger partial charge in [0.25, 0.3) is 5.91 Å². The molecule has 1 fully saturated rings. The molecule has 1 N–H and O–H groups in total. The van der Waals surface area contributed by atoms with E-state index < -0.39 is 30.5 Å². The van der Waals surface area contributed by atoms with Crippen molar-refractivity contribution in [3.63, 3.8) is 0 Å². The summed E-state index contributed by atoms with van der Waals surface area (Å²) in [4.78, 5) is 41.9. The van der Waals surface area contributed by atoms with Gasteiger partial charge in [-0.2, -0.15) is 8.78 Å². The Labute approximate surface area is 206 Å². The Balaban J connectivity index is 1.79. The van der Waals surface area contributed by atoms with Gasteiger partial charge in [0.05, 0.1) is 13.1 Å². The first-order chi connectivity index (χ1) is 16.7.